The van der Waals surface area contributed by atoms with Gasteiger partial charge in [-0.05, 0) is 23.5 Å². The molecule has 0 N–H and O–H groups in total. The van der Waals surface area contributed by atoms with E-state index < -0.39 is 0 Å². The zero-order valence-corrected chi connectivity index (χ0v) is 8.34. The van der Waals surface area contributed by atoms with E-state index in [1.807, 2.05) is 13.7 Å². The second kappa shape index (κ2) is 3.52. The Bertz CT molecular complexity index is 482. The predicted molar refractivity (Wildman–Crippen MR) is 54.2 cm³/mol. The molecule has 1 aromatic rings. The van der Waals surface area contributed by atoms with Crippen LogP contribution in [0, 0.1) is 5.82 Å². The van der Waals surface area contributed by atoms with Crippen LogP contribution < -0.4 is 16.2 Å². The number of halogens is 1. The van der Waals surface area contributed by atoms with E-state index >= 15 is 0 Å². The van der Waals surface area contributed by atoms with E-state index in [-0.39, 0.29) is 5.82 Å². The van der Waals surface area contributed by atoms with Crippen molar-refractivity contribution in [1.29, 1.82) is 0 Å². The van der Waals surface area contributed by atoms with Crippen LogP contribution in [0.25, 0.3) is 0 Å². The van der Waals surface area contributed by atoms with E-state index in [0.717, 1.165) is 22.7 Å². The minimum atomic E-state index is -0.191. The number of nitrogens with zero attached hydrogens (tertiary/aromatic N) is 2. The normalized spacial score (nSPS) is 13.1. The van der Waals surface area contributed by atoms with Crippen LogP contribution in [0.2, 0.25) is 6.82 Å². The topological polar surface area (TPSA) is 24.7 Å². The molecule has 14 heavy (non-hydrogen) atoms. The maximum absolute atomic E-state index is 13.6. The van der Waals surface area contributed by atoms with Gasteiger partial charge in [-0.2, -0.15) is 0 Å². The smallest absolute Gasteiger partial charge is 0.155 e. The van der Waals surface area contributed by atoms with Crippen LogP contribution >= 0.6 is 0 Å². The maximum Gasteiger partial charge on any atom is 0.155 e. The second-order valence-electron chi connectivity index (χ2n) is 3.23. The maximum atomic E-state index is 13.6. The van der Waals surface area contributed by atoms with Gasteiger partial charge in [0.15, 0.2) is 7.28 Å². The summed E-state index contributed by atoms with van der Waals surface area (Å²) >= 11 is 0. The summed E-state index contributed by atoms with van der Waals surface area (Å²) in [6.45, 7) is 4.25. The van der Waals surface area contributed by atoms with Crippen LogP contribution in [0.3, 0.4) is 0 Å². The molecule has 1 aliphatic rings. The number of hydrogen-bond acceptors (Lipinski definition) is 2. The molecule has 1 heterocycles. The Labute approximate surface area is 82.8 Å². The molecule has 1 aliphatic heterocycles. The highest BCUT2D eigenvalue weighted by atomic mass is 19.1. The summed E-state index contributed by atoms with van der Waals surface area (Å²) in [4.78, 5) is 8.47. The molecular formula is C10H11BFN2. The van der Waals surface area contributed by atoms with E-state index in [9.17, 15) is 4.39 Å². The van der Waals surface area contributed by atoms with Crippen molar-refractivity contribution in [3.63, 3.8) is 0 Å². The highest BCUT2D eigenvalue weighted by Crippen LogP contribution is 1.96. The zero-order valence-electron chi connectivity index (χ0n) is 8.34. The number of aryl methyl sites for hydroxylation is 1. The van der Waals surface area contributed by atoms with Crippen molar-refractivity contribution in [3.8, 4) is 0 Å². The van der Waals surface area contributed by atoms with Crippen molar-refractivity contribution in [3.05, 3.63) is 28.2 Å². The molecular weight excluding hydrogens is 178 g/mol. The van der Waals surface area contributed by atoms with Crippen LogP contribution in [0.5, 0.6) is 0 Å². The molecule has 0 saturated heterocycles. The van der Waals surface area contributed by atoms with Crippen molar-refractivity contribution >= 4 is 12.7 Å². The summed E-state index contributed by atoms with van der Waals surface area (Å²) in [5, 5.41) is 1.60. The van der Waals surface area contributed by atoms with Crippen LogP contribution in [0.1, 0.15) is 12.5 Å². The fourth-order valence-electron chi connectivity index (χ4n) is 1.75. The average molecular weight is 189 g/mol. The Kier molecular flexibility index (Phi) is 2.36. The molecule has 0 aliphatic carbocycles. The van der Waals surface area contributed by atoms with Gasteiger partial charge in [0, 0.05) is 0 Å². The molecule has 4 heteroatoms. The third-order valence-electron chi connectivity index (χ3n) is 2.47. The van der Waals surface area contributed by atoms with Gasteiger partial charge in [-0.1, -0.05) is 13.7 Å². The molecule has 0 fully saturated rings. The number of rotatable bonds is 2. The Morgan fingerprint density at radius 1 is 1.43 bits per heavy atom. The molecule has 2 nitrogen and oxygen atoms in total. The molecule has 0 aromatic heterocycles. The van der Waals surface area contributed by atoms with Crippen LogP contribution in [0.15, 0.2) is 16.1 Å². The van der Waals surface area contributed by atoms with Gasteiger partial charge < -0.3 is 0 Å². The first kappa shape index (κ1) is 9.37. The van der Waals surface area contributed by atoms with Gasteiger partial charge in [0.25, 0.3) is 0 Å². The van der Waals surface area contributed by atoms with Gasteiger partial charge in [-0.3, -0.25) is 9.98 Å². The summed E-state index contributed by atoms with van der Waals surface area (Å²) in [6, 6.07) is 1.57. The van der Waals surface area contributed by atoms with Crippen molar-refractivity contribution in [2.45, 2.75) is 20.2 Å². The number of benzene rings is 1. The quantitative estimate of drug-likeness (QED) is 0.584. The molecule has 0 bridgehead atoms. The van der Waals surface area contributed by atoms with Crippen molar-refractivity contribution in [2.24, 2.45) is 9.98 Å². The molecule has 0 spiro atoms. The van der Waals surface area contributed by atoms with E-state index in [1.165, 1.54) is 0 Å². The minimum Gasteiger partial charge on any atom is -0.260 e. The van der Waals surface area contributed by atoms with Crippen LogP contribution in [0.4, 0.5) is 4.39 Å². The van der Waals surface area contributed by atoms with E-state index in [0.29, 0.717) is 12.1 Å². The lowest BCUT2D eigenvalue weighted by molar-refractivity contribution is 0.631. The van der Waals surface area contributed by atoms with Crippen LogP contribution in [-0.2, 0) is 6.42 Å². The van der Waals surface area contributed by atoms with Gasteiger partial charge in [-0.25, -0.2) is 4.39 Å². The molecule has 1 radical (unpaired) electrons. The van der Waals surface area contributed by atoms with Crippen molar-refractivity contribution < 1.29 is 4.39 Å². The first-order valence-electron chi connectivity index (χ1n) is 4.77. The summed E-state index contributed by atoms with van der Waals surface area (Å²) in [5.74, 6) is -0.191. The highest BCUT2D eigenvalue weighted by molar-refractivity contribution is 6.51. The highest BCUT2D eigenvalue weighted by Gasteiger charge is 2.11. The minimum absolute atomic E-state index is 0.191. The number of hydrogen-bond donors (Lipinski definition) is 0. The third kappa shape index (κ3) is 1.25. The Morgan fingerprint density at radius 2 is 2.14 bits per heavy atom. The molecule has 0 saturated carbocycles. The van der Waals surface area contributed by atoms with Crippen molar-refractivity contribution in [1.82, 2.24) is 0 Å². The predicted octanol–water partition coefficient (Wildman–Crippen LogP) is -0.0240. The fraction of sp³-hybridized carbons (Fsp3) is 0.400. The molecule has 71 valence electrons. The third-order valence-corrected chi connectivity index (χ3v) is 2.47. The van der Waals surface area contributed by atoms with Gasteiger partial charge in [-0.15, -0.1) is 0 Å². The van der Waals surface area contributed by atoms with E-state index in [2.05, 4.69) is 9.98 Å². The summed E-state index contributed by atoms with van der Waals surface area (Å²) in [5.41, 5.74) is 1.53. The van der Waals surface area contributed by atoms with Gasteiger partial charge >= 0.3 is 0 Å². The van der Waals surface area contributed by atoms with Crippen LogP contribution in [-0.4, -0.2) is 13.9 Å². The molecule has 0 amide bonds. The molecule has 2 rings (SSSR count). The standard InChI is InChI=1S/C10H11BFN2/c1-3-6-4-7(12)8(11-2)10-9(6)13-5-14-10/h4H,3,5H2,1-2H3. The molecule has 0 atom stereocenters. The SMILES string of the molecule is C[B]c1c(F)cc(CC)c2c1=NCN=2. The zero-order chi connectivity index (χ0) is 10.1. The van der Waals surface area contributed by atoms with Gasteiger partial charge in [0.05, 0.1) is 10.7 Å². The summed E-state index contributed by atoms with van der Waals surface area (Å²) in [7, 11) is 1.75. The molecule has 0 unspecified atom stereocenters. The van der Waals surface area contributed by atoms with Gasteiger partial charge in [0.2, 0.25) is 0 Å². The summed E-state index contributed by atoms with van der Waals surface area (Å²) < 4.78 is 13.6. The Hall–Kier alpha value is -1.19. The average Bonchev–Trinajstić information content (AvgIpc) is 2.65. The number of fused-ring (bicyclic) bond motifs is 1. The van der Waals surface area contributed by atoms with Crippen molar-refractivity contribution in [2.75, 3.05) is 6.67 Å². The Balaban J connectivity index is 2.83. The summed E-state index contributed by atoms with van der Waals surface area (Å²) in [6.07, 6.45) is 0.794. The lowest BCUT2D eigenvalue weighted by atomic mass is 9.72. The second-order valence-corrected chi connectivity index (χ2v) is 3.23. The fourth-order valence-corrected chi connectivity index (χ4v) is 1.75. The molecule has 1 aromatic carbocycles. The first-order chi connectivity index (χ1) is 6.77. The largest absolute Gasteiger partial charge is 0.260 e. The van der Waals surface area contributed by atoms with E-state index in [4.69, 9.17) is 0 Å². The monoisotopic (exact) mass is 189 g/mol. The lowest BCUT2D eigenvalue weighted by Gasteiger charge is -2.02. The van der Waals surface area contributed by atoms with E-state index in [1.54, 1.807) is 13.3 Å². The first-order valence-corrected chi connectivity index (χ1v) is 4.77. The lowest BCUT2D eigenvalue weighted by Crippen LogP contribution is -2.44. The Morgan fingerprint density at radius 3 is 2.79 bits per heavy atom. The van der Waals surface area contributed by atoms with Gasteiger partial charge in [0.1, 0.15) is 12.5 Å².